The van der Waals surface area contributed by atoms with Gasteiger partial charge in [0.15, 0.2) is 5.60 Å². The van der Waals surface area contributed by atoms with Gasteiger partial charge in [-0.1, -0.05) is 19.1 Å². The maximum atomic E-state index is 12.5. The van der Waals surface area contributed by atoms with Gasteiger partial charge in [-0.05, 0) is 31.8 Å². The number of allylic oxidation sites excluding steroid dienone is 1. The summed E-state index contributed by atoms with van der Waals surface area (Å²) in [6.45, 7) is 5.85. The second-order valence-electron chi connectivity index (χ2n) is 7.25. The van der Waals surface area contributed by atoms with Crippen LogP contribution in [0.4, 0.5) is 0 Å². The lowest BCUT2D eigenvalue weighted by atomic mass is 9.85. The van der Waals surface area contributed by atoms with E-state index in [1.54, 1.807) is 19.9 Å². The summed E-state index contributed by atoms with van der Waals surface area (Å²) in [5.74, 6) is -1.78. The van der Waals surface area contributed by atoms with Crippen molar-refractivity contribution in [3.8, 4) is 0 Å². The summed E-state index contributed by atoms with van der Waals surface area (Å²) < 4.78 is 10.9. The van der Waals surface area contributed by atoms with Crippen LogP contribution in [0, 0.1) is 5.92 Å². The minimum Gasteiger partial charge on any atom is -0.459 e. The summed E-state index contributed by atoms with van der Waals surface area (Å²) in [6.07, 6.45) is 2.22. The van der Waals surface area contributed by atoms with Crippen molar-refractivity contribution in [1.82, 2.24) is 4.90 Å². The van der Waals surface area contributed by atoms with Gasteiger partial charge in [0.05, 0.1) is 6.04 Å². The van der Waals surface area contributed by atoms with Gasteiger partial charge in [-0.3, -0.25) is 4.90 Å². The molecular weight excluding hydrogens is 326 g/mol. The Kier molecular flexibility index (Phi) is 4.74. The first-order chi connectivity index (χ1) is 11.8. The van der Waals surface area contributed by atoms with Gasteiger partial charge < -0.3 is 19.7 Å². The Morgan fingerprint density at radius 1 is 1.40 bits per heavy atom. The number of rotatable bonds is 0. The lowest BCUT2D eigenvalue weighted by Crippen LogP contribution is -2.44. The molecule has 3 aliphatic heterocycles. The van der Waals surface area contributed by atoms with Crippen molar-refractivity contribution in [1.29, 1.82) is 0 Å². The quantitative estimate of drug-likeness (QED) is 0.365. The van der Waals surface area contributed by atoms with E-state index < -0.39 is 35.7 Å². The molecule has 0 amide bonds. The maximum absolute atomic E-state index is 12.5. The summed E-state index contributed by atoms with van der Waals surface area (Å²) in [4.78, 5) is 26.9. The molecule has 25 heavy (non-hydrogen) atoms. The Hall–Kier alpha value is -1.70. The fraction of sp³-hybridized carbons (Fsp3) is 0.667. The molecule has 0 aliphatic carbocycles. The highest BCUT2D eigenvalue weighted by atomic mass is 16.6. The number of esters is 2. The Morgan fingerprint density at radius 3 is 2.80 bits per heavy atom. The van der Waals surface area contributed by atoms with E-state index in [0.717, 1.165) is 5.57 Å². The van der Waals surface area contributed by atoms with Gasteiger partial charge >= 0.3 is 11.9 Å². The van der Waals surface area contributed by atoms with Crippen LogP contribution in [0.15, 0.2) is 23.3 Å². The third-order valence-electron chi connectivity index (χ3n) is 5.62. The fourth-order valence-electron chi connectivity index (χ4n) is 3.68. The van der Waals surface area contributed by atoms with Gasteiger partial charge in [0.2, 0.25) is 0 Å². The molecule has 0 spiro atoms. The SMILES string of the molecule is C/C=C1\CC(C)C(C)(O)C(=O)OCC2=CCN3CC(OC1=O)C(O)C23. The lowest BCUT2D eigenvalue weighted by Gasteiger charge is -2.29. The third kappa shape index (κ3) is 3.12. The normalized spacial score (nSPS) is 41.5. The summed E-state index contributed by atoms with van der Waals surface area (Å²) in [5.41, 5.74) is -0.581. The zero-order chi connectivity index (χ0) is 18.4. The van der Waals surface area contributed by atoms with E-state index in [9.17, 15) is 19.8 Å². The number of aliphatic hydroxyl groups excluding tert-OH is 1. The van der Waals surface area contributed by atoms with Crippen LogP contribution < -0.4 is 0 Å². The molecule has 3 rings (SSSR count). The first-order valence-electron chi connectivity index (χ1n) is 8.62. The van der Waals surface area contributed by atoms with Crippen LogP contribution in [0.5, 0.6) is 0 Å². The molecule has 0 aromatic rings. The average molecular weight is 351 g/mol. The zero-order valence-electron chi connectivity index (χ0n) is 14.8. The second kappa shape index (κ2) is 6.55. The van der Waals surface area contributed by atoms with E-state index >= 15 is 0 Å². The molecule has 5 unspecified atom stereocenters. The highest BCUT2D eigenvalue weighted by molar-refractivity contribution is 5.89. The summed E-state index contributed by atoms with van der Waals surface area (Å²) in [6, 6.07) is -0.331. The molecule has 2 saturated heterocycles. The minimum absolute atomic E-state index is 0.0110. The topological polar surface area (TPSA) is 96.3 Å². The molecule has 3 heterocycles. The molecule has 0 aromatic carbocycles. The van der Waals surface area contributed by atoms with Crippen LogP contribution in [-0.2, 0) is 19.1 Å². The Morgan fingerprint density at radius 2 is 2.12 bits per heavy atom. The first kappa shape index (κ1) is 18.1. The van der Waals surface area contributed by atoms with Gasteiger partial charge in [0.1, 0.15) is 18.8 Å². The Labute approximate surface area is 146 Å². The van der Waals surface area contributed by atoms with Gasteiger partial charge in [-0.2, -0.15) is 0 Å². The summed E-state index contributed by atoms with van der Waals surface area (Å²) in [7, 11) is 0. The number of carbonyl (C=O) groups excluding carboxylic acids is 2. The lowest BCUT2D eigenvalue weighted by molar-refractivity contribution is -0.168. The van der Waals surface area contributed by atoms with E-state index in [0.29, 0.717) is 18.7 Å². The molecule has 2 fully saturated rings. The number of carbonyl (C=O) groups is 2. The smallest absolute Gasteiger partial charge is 0.338 e. The standard InChI is InChI=1S/C18H25NO6/c1-4-11-7-10(2)18(3,23)17(22)24-9-12-5-6-19-8-13(25-16(11)21)15(20)14(12)19/h4-5,10,13-15,20,23H,6-9H2,1-3H3/b11-4+. The number of aliphatic hydroxyl groups is 2. The monoisotopic (exact) mass is 351 g/mol. The summed E-state index contributed by atoms with van der Waals surface area (Å²) in [5, 5.41) is 21.2. The molecule has 2 bridgehead atoms. The van der Waals surface area contributed by atoms with Gasteiger partial charge in [0.25, 0.3) is 0 Å². The maximum Gasteiger partial charge on any atom is 0.338 e. The van der Waals surface area contributed by atoms with Crippen LogP contribution in [0.25, 0.3) is 0 Å². The highest BCUT2D eigenvalue weighted by Gasteiger charge is 2.48. The minimum atomic E-state index is -1.72. The van der Waals surface area contributed by atoms with Gasteiger partial charge in [-0.15, -0.1) is 0 Å². The largest absolute Gasteiger partial charge is 0.459 e. The molecule has 2 N–H and O–H groups in total. The van der Waals surface area contributed by atoms with Gasteiger partial charge in [-0.25, -0.2) is 9.59 Å². The number of hydrogen-bond acceptors (Lipinski definition) is 7. The number of ether oxygens (including phenoxy) is 2. The molecular formula is C18H25NO6. The van der Waals surface area contributed by atoms with E-state index in [1.165, 1.54) is 6.92 Å². The van der Waals surface area contributed by atoms with Crippen molar-refractivity contribution in [3.05, 3.63) is 23.3 Å². The zero-order valence-corrected chi connectivity index (χ0v) is 14.8. The molecule has 0 aromatic heterocycles. The third-order valence-corrected chi connectivity index (χ3v) is 5.62. The van der Waals surface area contributed by atoms with Gasteiger partial charge in [0, 0.05) is 18.7 Å². The number of hydrogen-bond donors (Lipinski definition) is 2. The molecule has 7 nitrogen and oxygen atoms in total. The van der Waals surface area contributed by atoms with Crippen LogP contribution in [0.2, 0.25) is 0 Å². The molecule has 5 atom stereocenters. The van der Waals surface area contributed by atoms with E-state index in [-0.39, 0.29) is 19.1 Å². The fourth-order valence-corrected chi connectivity index (χ4v) is 3.68. The van der Waals surface area contributed by atoms with E-state index in [2.05, 4.69) is 0 Å². The predicted octanol–water partition coefficient (Wildman–Crippen LogP) is 0.164. The van der Waals surface area contributed by atoms with E-state index in [4.69, 9.17) is 9.47 Å². The number of cyclic esters (lactones) is 1. The molecule has 138 valence electrons. The molecule has 0 saturated carbocycles. The highest BCUT2D eigenvalue weighted by Crippen LogP contribution is 2.33. The Bertz CT molecular complexity index is 637. The second-order valence-corrected chi connectivity index (χ2v) is 7.25. The molecule has 7 heteroatoms. The van der Waals surface area contributed by atoms with Crippen LogP contribution in [-0.4, -0.2) is 70.6 Å². The molecule has 0 radical (unpaired) electrons. The van der Waals surface area contributed by atoms with Crippen molar-refractivity contribution in [2.24, 2.45) is 5.92 Å². The number of fused-ring (bicyclic) bond motifs is 1. The number of nitrogens with zero attached hydrogens (tertiary/aromatic N) is 1. The molecule has 3 aliphatic rings. The van der Waals surface area contributed by atoms with Crippen molar-refractivity contribution in [2.45, 2.75) is 51.0 Å². The predicted molar refractivity (Wildman–Crippen MR) is 88.5 cm³/mol. The average Bonchev–Trinajstić information content (AvgIpc) is 3.09. The van der Waals surface area contributed by atoms with Crippen molar-refractivity contribution < 1.29 is 29.3 Å². The Balaban J connectivity index is 1.92. The van der Waals surface area contributed by atoms with Crippen LogP contribution in [0.3, 0.4) is 0 Å². The van der Waals surface area contributed by atoms with Crippen molar-refractivity contribution in [3.63, 3.8) is 0 Å². The summed E-state index contributed by atoms with van der Waals surface area (Å²) >= 11 is 0. The van der Waals surface area contributed by atoms with Crippen molar-refractivity contribution in [2.75, 3.05) is 19.7 Å². The van der Waals surface area contributed by atoms with Crippen LogP contribution in [0.1, 0.15) is 27.2 Å². The van der Waals surface area contributed by atoms with Crippen molar-refractivity contribution >= 4 is 11.9 Å². The first-order valence-corrected chi connectivity index (χ1v) is 8.62. The van der Waals surface area contributed by atoms with Crippen LogP contribution >= 0.6 is 0 Å². The van der Waals surface area contributed by atoms with E-state index in [1.807, 2.05) is 11.0 Å².